The number of anilines is 2. The fourth-order valence-electron chi connectivity index (χ4n) is 5.25. The summed E-state index contributed by atoms with van der Waals surface area (Å²) in [4.78, 5) is 33.9. The molecule has 0 N–H and O–H groups in total. The van der Waals surface area contributed by atoms with Gasteiger partial charge in [-0.1, -0.05) is 15.9 Å². The maximum atomic E-state index is 11.6. The van der Waals surface area contributed by atoms with Gasteiger partial charge in [0.05, 0.1) is 24.9 Å². The van der Waals surface area contributed by atoms with Gasteiger partial charge in [-0.15, -0.1) is 0 Å². The van der Waals surface area contributed by atoms with Crippen molar-refractivity contribution in [3.05, 3.63) is 53.9 Å². The lowest BCUT2D eigenvalue weighted by atomic mass is 10.3. The highest BCUT2D eigenvalue weighted by Crippen LogP contribution is 2.46. The van der Waals surface area contributed by atoms with Crippen molar-refractivity contribution < 1.29 is 9.53 Å². The standard InChI is InChI=1S/C16H19N5O2.C10H12BrN3/c1-2-23-15(22)14-6-19-21(10-14)7-11-4-17-16(18-5-11)20-8-12-3-13(12)9-20;11-2-7-3-12-10(13-4-7)14-5-8-1-9(8)6-14/h4-6,10,12-13H,2-3,7-9H2,1H3;3-4,8-9H,1-2,5-6H2. The van der Waals surface area contributed by atoms with E-state index in [9.17, 15) is 4.79 Å². The topological polar surface area (TPSA) is 102 Å². The first-order valence-electron chi connectivity index (χ1n) is 13.0. The van der Waals surface area contributed by atoms with Gasteiger partial charge in [-0.25, -0.2) is 24.7 Å². The highest BCUT2D eigenvalue weighted by atomic mass is 79.9. The molecular weight excluding hydrogens is 536 g/mol. The molecule has 4 aliphatic rings. The van der Waals surface area contributed by atoms with E-state index >= 15 is 0 Å². The summed E-state index contributed by atoms with van der Waals surface area (Å²) in [6.07, 6.45) is 13.5. The van der Waals surface area contributed by atoms with Gasteiger partial charge in [0.2, 0.25) is 11.9 Å². The molecule has 0 spiro atoms. The molecule has 4 fully saturated rings. The molecule has 2 aliphatic carbocycles. The number of alkyl halides is 1. The lowest BCUT2D eigenvalue weighted by Gasteiger charge is -2.17. The highest BCUT2D eigenvalue weighted by molar-refractivity contribution is 9.08. The minimum Gasteiger partial charge on any atom is -0.462 e. The Balaban J connectivity index is 0.000000153. The van der Waals surface area contributed by atoms with E-state index in [-0.39, 0.29) is 5.97 Å². The molecule has 0 radical (unpaired) electrons. The van der Waals surface area contributed by atoms with Gasteiger partial charge < -0.3 is 14.5 Å². The molecule has 3 aromatic rings. The number of ether oxygens (including phenoxy) is 1. The molecule has 0 bridgehead atoms. The van der Waals surface area contributed by atoms with E-state index < -0.39 is 0 Å². The Morgan fingerprint density at radius 3 is 1.86 bits per heavy atom. The summed E-state index contributed by atoms with van der Waals surface area (Å²) in [5, 5.41) is 5.01. The number of hydrogen-bond acceptors (Lipinski definition) is 9. The minimum absolute atomic E-state index is 0.349. The second kappa shape index (κ2) is 10.4. The summed E-state index contributed by atoms with van der Waals surface area (Å²) in [6.45, 7) is 7.18. The zero-order valence-corrected chi connectivity index (χ0v) is 22.5. The van der Waals surface area contributed by atoms with Gasteiger partial charge in [-0.3, -0.25) is 4.68 Å². The number of aromatic nitrogens is 6. The average Bonchev–Trinajstić information content (AvgIpc) is 3.63. The Kier molecular flexibility index (Phi) is 6.79. The number of carbonyl (C=O) groups is 1. The summed E-state index contributed by atoms with van der Waals surface area (Å²) in [7, 11) is 0. The van der Waals surface area contributed by atoms with Gasteiger partial charge >= 0.3 is 5.97 Å². The van der Waals surface area contributed by atoms with Crippen molar-refractivity contribution in [2.75, 3.05) is 42.6 Å². The van der Waals surface area contributed by atoms with E-state index in [2.05, 4.69) is 50.8 Å². The van der Waals surface area contributed by atoms with Crippen LogP contribution in [0.1, 0.15) is 41.3 Å². The van der Waals surface area contributed by atoms with E-state index in [0.29, 0.717) is 18.7 Å². The lowest BCUT2D eigenvalue weighted by molar-refractivity contribution is 0.0526. The zero-order chi connectivity index (χ0) is 25.4. The first-order chi connectivity index (χ1) is 18.1. The molecule has 7 rings (SSSR count). The average molecular weight is 567 g/mol. The van der Waals surface area contributed by atoms with Crippen LogP contribution in [-0.2, 0) is 16.6 Å². The Bertz CT molecular complexity index is 1210. The number of fused-ring (bicyclic) bond motifs is 2. The smallest absolute Gasteiger partial charge is 0.341 e. The number of esters is 1. The third-order valence-corrected chi connectivity index (χ3v) is 8.20. The quantitative estimate of drug-likeness (QED) is 0.315. The van der Waals surface area contributed by atoms with Crippen molar-refractivity contribution in [2.24, 2.45) is 23.7 Å². The van der Waals surface area contributed by atoms with Crippen molar-refractivity contribution in [1.82, 2.24) is 29.7 Å². The van der Waals surface area contributed by atoms with Crippen LogP contribution in [0.5, 0.6) is 0 Å². The molecule has 2 saturated heterocycles. The maximum Gasteiger partial charge on any atom is 0.341 e. The predicted octanol–water partition coefficient (Wildman–Crippen LogP) is 3.18. The van der Waals surface area contributed by atoms with E-state index in [1.165, 1.54) is 32.1 Å². The third-order valence-electron chi connectivity index (χ3n) is 7.55. The normalized spacial score (nSPS) is 24.7. The lowest BCUT2D eigenvalue weighted by Crippen LogP contribution is -2.24. The van der Waals surface area contributed by atoms with E-state index in [0.717, 1.165) is 65.1 Å². The van der Waals surface area contributed by atoms with Crippen LogP contribution in [0.2, 0.25) is 0 Å². The summed E-state index contributed by atoms with van der Waals surface area (Å²) in [5.41, 5.74) is 2.55. The molecule has 4 atom stereocenters. The number of hydrogen-bond donors (Lipinski definition) is 0. The molecule has 5 heterocycles. The van der Waals surface area contributed by atoms with Crippen LogP contribution in [0.15, 0.2) is 37.2 Å². The molecule has 0 aromatic carbocycles. The minimum atomic E-state index is -0.349. The third kappa shape index (κ3) is 5.61. The van der Waals surface area contributed by atoms with Gasteiger partial charge in [-0.2, -0.15) is 5.10 Å². The van der Waals surface area contributed by atoms with Crippen LogP contribution in [0.25, 0.3) is 0 Å². The van der Waals surface area contributed by atoms with Crippen LogP contribution < -0.4 is 9.80 Å². The molecule has 4 unspecified atom stereocenters. The summed E-state index contributed by atoms with van der Waals surface area (Å²) < 4.78 is 6.64. The summed E-state index contributed by atoms with van der Waals surface area (Å²) in [5.74, 6) is 4.98. The molecule has 194 valence electrons. The molecule has 11 heteroatoms. The van der Waals surface area contributed by atoms with Gasteiger partial charge in [-0.05, 0) is 49.0 Å². The van der Waals surface area contributed by atoms with Crippen molar-refractivity contribution in [1.29, 1.82) is 0 Å². The van der Waals surface area contributed by atoms with Crippen LogP contribution >= 0.6 is 15.9 Å². The Morgan fingerprint density at radius 2 is 1.38 bits per heavy atom. The van der Waals surface area contributed by atoms with Crippen molar-refractivity contribution in [3.8, 4) is 0 Å². The maximum absolute atomic E-state index is 11.6. The van der Waals surface area contributed by atoms with Crippen molar-refractivity contribution in [3.63, 3.8) is 0 Å². The Labute approximate surface area is 224 Å². The van der Waals surface area contributed by atoms with E-state index in [1.54, 1.807) is 17.8 Å². The predicted molar refractivity (Wildman–Crippen MR) is 142 cm³/mol. The van der Waals surface area contributed by atoms with Gasteiger partial charge in [0.1, 0.15) is 0 Å². The molecule has 0 amide bonds. The highest BCUT2D eigenvalue weighted by Gasteiger charge is 2.46. The molecule has 10 nitrogen and oxygen atoms in total. The van der Waals surface area contributed by atoms with Gasteiger partial charge in [0.25, 0.3) is 0 Å². The van der Waals surface area contributed by atoms with Crippen molar-refractivity contribution in [2.45, 2.75) is 31.6 Å². The van der Waals surface area contributed by atoms with E-state index in [4.69, 9.17) is 4.74 Å². The molecule has 3 aromatic heterocycles. The first-order valence-corrected chi connectivity index (χ1v) is 14.1. The monoisotopic (exact) mass is 566 g/mol. The van der Waals surface area contributed by atoms with E-state index in [1.807, 2.05) is 24.8 Å². The van der Waals surface area contributed by atoms with Crippen molar-refractivity contribution >= 4 is 33.8 Å². The molecule has 2 aliphatic heterocycles. The van der Waals surface area contributed by atoms with Gasteiger partial charge in [0.15, 0.2) is 0 Å². The molecule has 37 heavy (non-hydrogen) atoms. The SMILES string of the molecule is BrCc1cnc(N2CC3CC3C2)nc1.CCOC(=O)c1cnn(Cc2cnc(N3CC4CC4C3)nc2)c1. The number of nitrogens with zero attached hydrogens (tertiary/aromatic N) is 8. The number of piperidine rings is 2. The second-order valence-corrected chi connectivity index (χ2v) is 10.9. The number of rotatable bonds is 7. The fraction of sp³-hybridized carbons (Fsp3) is 0.538. The zero-order valence-electron chi connectivity index (χ0n) is 20.9. The largest absolute Gasteiger partial charge is 0.462 e. The molecular formula is C26H31BrN8O2. The number of halogens is 1. The first kappa shape index (κ1) is 24.3. The van der Waals surface area contributed by atoms with Crippen LogP contribution in [-0.4, -0.2) is 68.5 Å². The second-order valence-electron chi connectivity index (χ2n) is 10.4. The fourth-order valence-corrected chi connectivity index (χ4v) is 5.54. The van der Waals surface area contributed by atoms with Crippen LogP contribution in [0, 0.1) is 23.7 Å². The van der Waals surface area contributed by atoms with Crippen LogP contribution in [0.4, 0.5) is 11.9 Å². The summed E-state index contributed by atoms with van der Waals surface area (Å²) >= 11 is 3.39. The Hall–Kier alpha value is -3.08. The molecule has 2 saturated carbocycles. The Morgan fingerprint density at radius 1 is 0.865 bits per heavy atom. The number of carbonyl (C=O) groups excluding carboxylic acids is 1. The van der Waals surface area contributed by atoms with Crippen LogP contribution in [0.3, 0.4) is 0 Å². The van der Waals surface area contributed by atoms with Gasteiger partial charge in [0, 0.05) is 68.1 Å². The summed E-state index contributed by atoms with van der Waals surface area (Å²) in [6, 6.07) is 0.